The number of Topliss-reactive ketones (excluding diaryl/α,β-unsaturated/α-hetero) is 1. The Labute approximate surface area is 97.2 Å². The van der Waals surface area contributed by atoms with Crippen LogP contribution >= 0.6 is 0 Å². The molecule has 1 aliphatic rings. The smallest absolute Gasteiger partial charge is 0.221 e. The predicted octanol–water partition coefficient (Wildman–Crippen LogP) is 0.941. The van der Waals surface area contributed by atoms with E-state index in [0.29, 0.717) is 19.0 Å². The second kappa shape index (κ2) is 5.99. The summed E-state index contributed by atoms with van der Waals surface area (Å²) < 4.78 is 0. The highest BCUT2D eigenvalue weighted by atomic mass is 16.1. The van der Waals surface area contributed by atoms with Gasteiger partial charge in [0.2, 0.25) is 5.91 Å². The van der Waals surface area contributed by atoms with Gasteiger partial charge in [-0.2, -0.15) is 0 Å². The number of amides is 1. The topological polar surface area (TPSA) is 63.4 Å². The maximum atomic E-state index is 11.2. The molecule has 1 heterocycles. The van der Waals surface area contributed by atoms with Crippen molar-refractivity contribution in [2.45, 2.75) is 45.6 Å². The number of ketones is 1. The minimum atomic E-state index is -0.257. The minimum Gasteiger partial charge on any atom is -0.369 e. The van der Waals surface area contributed by atoms with Crippen LogP contribution in [0.15, 0.2) is 0 Å². The molecule has 0 saturated carbocycles. The summed E-state index contributed by atoms with van der Waals surface area (Å²) in [6.07, 6.45) is 4.00. The summed E-state index contributed by atoms with van der Waals surface area (Å²) in [7, 11) is 0. The lowest BCUT2D eigenvalue weighted by Gasteiger charge is -2.36. The van der Waals surface area contributed by atoms with E-state index in [-0.39, 0.29) is 17.6 Å². The van der Waals surface area contributed by atoms with E-state index < -0.39 is 0 Å². The minimum absolute atomic E-state index is 0.132. The van der Waals surface area contributed by atoms with Crippen molar-refractivity contribution in [3.8, 4) is 0 Å². The van der Waals surface area contributed by atoms with Crippen LogP contribution in [0.3, 0.4) is 0 Å². The van der Waals surface area contributed by atoms with Crippen molar-refractivity contribution in [1.82, 2.24) is 4.90 Å². The van der Waals surface area contributed by atoms with Crippen molar-refractivity contribution < 1.29 is 9.59 Å². The molecule has 92 valence electrons. The van der Waals surface area contributed by atoms with Gasteiger partial charge in [-0.3, -0.25) is 14.5 Å². The van der Waals surface area contributed by atoms with Gasteiger partial charge in [0, 0.05) is 24.9 Å². The van der Waals surface area contributed by atoms with E-state index in [1.165, 1.54) is 6.42 Å². The van der Waals surface area contributed by atoms with Gasteiger partial charge >= 0.3 is 0 Å². The number of hydrogen-bond acceptors (Lipinski definition) is 3. The second-order valence-electron chi connectivity index (χ2n) is 4.85. The molecule has 0 aromatic rings. The van der Waals surface area contributed by atoms with Gasteiger partial charge in [0.25, 0.3) is 0 Å². The third-order valence-electron chi connectivity index (χ3n) is 3.27. The molecule has 4 heteroatoms. The lowest BCUT2D eigenvalue weighted by atomic mass is 9.96. The number of nitrogens with zero attached hydrogens (tertiary/aromatic N) is 1. The Kier molecular flexibility index (Phi) is 4.93. The van der Waals surface area contributed by atoms with Crippen LogP contribution in [0.5, 0.6) is 0 Å². The number of primary amides is 1. The average molecular weight is 226 g/mol. The Morgan fingerprint density at radius 3 is 2.69 bits per heavy atom. The van der Waals surface area contributed by atoms with Crippen molar-refractivity contribution in [2.75, 3.05) is 13.1 Å². The SMILES string of the molecule is CC(=O)CC1CCCCN1CC(C)C(N)=O. The molecule has 1 amide bonds. The van der Waals surface area contributed by atoms with Crippen LogP contribution in [-0.2, 0) is 9.59 Å². The van der Waals surface area contributed by atoms with Gasteiger partial charge in [0.15, 0.2) is 0 Å². The van der Waals surface area contributed by atoms with Gasteiger partial charge in [-0.15, -0.1) is 0 Å². The molecule has 0 radical (unpaired) electrons. The van der Waals surface area contributed by atoms with Crippen LogP contribution in [0.4, 0.5) is 0 Å². The number of rotatable bonds is 5. The van der Waals surface area contributed by atoms with Crippen molar-refractivity contribution in [1.29, 1.82) is 0 Å². The molecule has 4 nitrogen and oxygen atoms in total. The van der Waals surface area contributed by atoms with E-state index in [1.807, 2.05) is 6.92 Å². The van der Waals surface area contributed by atoms with E-state index in [0.717, 1.165) is 19.4 Å². The third-order valence-corrected chi connectivity index (χ3v) is 3.27. The Hall–Kier alpha value is -0.900. The number of hydrogen-bond donors (Lipinski definition) is 1. The fraction of sp³-hybridized carbons (Fsp3) is 0.833. The average Bonchev–Trinajstić information content (AvgIpc) is 2.20. The van der Waals surface area contributed by atoms with Gasteiger partial charge in [-0.1, -0.05) is 13.3 Å². The first-order valence-electron chi connectivity index (χ1n) is 6.03. The molecule has 0 aromatic heterocycles. The quantitative estimate of drug-likeness (QED) is 0.759. The summed E-state index contributed by atoms with van der Waals surface area (Å²) in [5, 5.41) is 0. The van der Waals surface area contributed by atoms with Gasteiger partial charge < -0.3 is 5.73 Å². The molecule has 0 spiro atoms. The summed E-state index contributed by atoms with van der Waals surface area (Å²) in [5.41, 5.74) is 5.27. The fourth-order valence-corrected chi connectivity index (χ4v) is 2.31. The molecule has 1 saturated heterocycles. The van der Waals surface area contributed by atoms with Crippen molar-refractivity contribution in [2.24, 2.45) is 11.7 Å². The number of carbonyl (C=O) groups excluding carboxylic acids is 2. The summed E-state index contributed by atoms with van der Waals surface area (Å²) in [6, 6.07) is 0.313. The van der Waals surface area contributed by atoms with E-state index >= 15 is 0 Å². The molecule has 0 aromatic carbocycles. The number of likely N-dealkylation sites (tertiary alicyclic amines) is 1. The van der Waals surface area contributed by atoms with Crippen molar-refractivity contribution in [3.05, 3.63) is 0 Å². The molecule has 2 N–H and O–H groups in total. The Morgan fingerprint density at radius 1 is 1.44 bits per heavy atom. The van der Waals surface area contributed by atoms with Crippen LogP contribution in [0.1, 0.15) is 39.5 Å². The van der Waals surface area contributed by atoms with Crippen molar-refractivity contribution in [3.63, 3.8) is 0 Å². The monoisotopic (exact) mass is 226 g/mol. The van der Waals surface area contributed by atoms with Crippen LogP contribution in [-0.4, -0.2) is 35.7 Å². The zero-order valence-corrected chi connectivity index (χ0v) is 10.2. The summed E-state index contributed by atoms with van der Waals surface area (Å²) >= 11 is 0. The molecule has 1 rings (SSSR count). The second-order valence-corrected chi connectivity index (χ2v) is 4.85. The Balaban J connectivity index is 2.52. The molecular weight excluding hydrogens is 204 g/mol. The molecule has 1 aliphatic heterocycles. The molecule has 2 atom stereocenters. The number of piperidine rings is 1. The largest absolute Gasteiger partial charge is 0.369 e. The standard InChI is InChI=1S/C12H22N2O2/c1-9(12(13)16)8-14-6-4-3-5-11(14)7-10(2)15/h9,11H,3-8H2,1-2H3,(H2,13,16). The van der Waals surface area contributed by atoms with Crippen LogP contribution in [0, 0.1) is 5.92 Å². The van der Waals surface area contributed by atoms with Crippen LogP contribution in [0.2, 0.25) is 0 Å². The highest BCUT2D eigenvalue weighted by Crippen LogP contribution is 2.20. The molecule has 16 heavy (non-hydrogen) atoms. The van der Waals surface area contributed by atoms with Crippen molar-refractivity contribution >= 4 is 11.7 Å². The van der Waals surface area contributed by atoms with E-state index in [2.05, 4.69) is 4.90 Å². The first kappa shape index (κ1) is 13.2. The van der Waals surface area contributed by atoms with E-state index in [9.17, 15) is 9.59 Å². The summed E-state index contributed by atoms with van der Waals surface area (Å²) in [5.74, 6) is -0.164. The Bertz CT molecular complexity index is 266. The van der Waals surface area contributed by atoms with Gasteiger partial charge in [-0.25, -0.2) is 0 Å². The zero-order chi connectivity index (χ0) is 12.1. The molecule has 0 bridgehead atoms. The highest BCUT2D eigenvalue weighted by Gasteiger charge is 2.25. The lowest BCUT2D eigenvalue weighted by Crippen LogP contribution is -2.44. The molecule has 2 unspecified atom stereocenters. The van der Waals surface area contributed by atoms with Gasteiger partial charge in [0.1, 0.15) is 5.78 Å². The van der Waals surface area contributed by atoms with E-state index in [1.54, 1.807) is 6.92 Å². The third kappa shape index (κ3) is 3.93. The molecule has 1 fully saturated rings. The maximum Gasteiger partial charge on any atom is 0.221 e. The fourth-order valence-electron chi connectivity index (χ4n) is 2.31. The predicted molar refractivity (Wildman–Crippen MR) is 62.9 cm³/mol. The normalized spacial score (nSPS) is 24.0. The van der Waals surface area contributed by atoms with Gasteiger partial charge in [0.05, 0.1) is 0 Å². The van der Waals surface area contributed by atoms with Gasteiger partial charge in [-0.05, 0) is 26.3 Å². The van der Waals surface area contributed by atoms with Crippen LogP contribution in [0.25, 0.3) is 0 Å². The lowest BCUT2D eigenvalue weighted by molar-refractivity contribution is -0.122. The van der Waals surface area contributed by atoms with Crippen LogP contribution < -0.4 is 5.73 Å². The summed E-state index contributed by atoms with van der Waals surface area (Å²) in [4.78, 5) is 24.4. The first-order valence-corrected chi connectivity index (χ1v) is 6.03. The number of nitrogens with two attached hydrogens (primary N) is 1. The highest BCUT2D eigenvalue weighted by molar-refractivity contribution is 5.77. The number of carbonyl (C=O) groups is 2. The summed E-state index contributed by atoms with van der Waals surface area (Å²) in [6.45, 7) is 5.15. The maximum absolute atomic E-state index is 11.2. The first-order chi connectivity index (χ1) is 7.50. The Morgan fingerprint density at radius 2 is 2.12 bits per heavy atom. The van der Waals surface area contributed by atoms with E-state index in [4.69, 9.17) is 5.73 Å². The molecular formula is C12H22N2O2. The zero-order valence-electron chi connectivity index (χ0n) is 10.2. The molecule has 0 aliphatic carbocycles.